The van der Waals surface area contributed by atoms with E-state index in [4.69, 9.17) is 4.74 Å². The SMILES string of the molecule is CCOC(=O)CCc1cn(S(=O)(=O)c2ccccc2)cc1-c1cccc(Br)c1. The van der Waals surface area contributed by atoms with Crippen molar-refractivity contribution in [3.8, 4) is 11.1 Å². The van der Waals surface area contributed by atoms with E-state index in [1.165, 1.54) is 3.97 Å². The van der Waals surface area contributed by atoms with Gasteiger partial charge in [-0.3, -0.25) is 4.79 Å². The fourth-order valence-electron chi connectivity index (χ4n) is 2.91. The van der Waals surface area contributed by atoms with Gasteiger partial charge in [0.15, 0.2) is 0 Å². The van der Waals surface area contributed by atoms with Crippen molar-refractivity contribution in [3.63, 3.8) is 0 Å². The summed E-state index contributed by atoms with van der Waals surface area (Å²) in [6.45, 7) is 2.08. The molecule has 0 fully saturated rings. The van der Waals surface area contributed by atoms with E-state index < -0.39 is 10.0 Å². The standard InChI is InChI=1S/C21H20BrNO4S/c1-2-27-21(24)12-11-17-14-23(28(25,26)19-9-4-3-5-10-19)15-20(17)16-7-6-8-18(22)13-16/h3-10,13-15H,2,11-12H2,1H3. The molecule has 2 aromatic carbocycles. The van der Waals surface area contributed by atoms with Crippen molar-refractivity contribution in [1.29, 1.82) is 0 Å². The Hall–Kier alpha value is -2.38. The van der Waals surface area contributed by atoms with E-state index in [1.54, 1.807) is 49.6 Å². The summed E-state index contributed by atoms with van der Waals surface area (Å²) in [5, 5.41) is 0. The van der Waals surface area contributed by atoms with E-state index in [0.29, 0.717) is 13.0 Å². The van der Waals surface area contributed by atoms with Gasteiger partial charge >= 0.3 is 5.97 Å². The zero-order valence-corrected chi connectivity index (χ0v) is 17.7. The lowest BCUT2D eigenvalue weighted by Crippen LogP contribution is -2.10. The predicted molar refractivity (Wildman–Crippen MR) is 112 cm³/mol. The number of nitrogens with zero attached hydrogens (tertiary/aromatic N) is 1. The van der Waals surface area contributed by atoms with Gasteiger partial charge < -0.3 is 4.74 Å². The summed E-state index contributed by atoms with van der Waals surface area (Å²) >= 11 is 3.45. The van der Waals surface area contributed by atoms with Crippen molar-refractivity contribution >= 4 is 31.9 Å². The predicted octanol–water partition coefficient (Wildman–Crippen LogP) is 4.65. The number of hydrogen-bond acceptors (Lipinski definition) is 4. The molecule has 146 valence electrons. The summed E-state index contributed by atoms with van der Waals surface area (Å²) in [6, 6.07) is 15.9. The second-order valence-corrected chi connectivity index (χ2v) is 8.92. The molecule has 0 radical (unpaired) electrons. The molecule has 1 heterocycles. The van der Waals surface area contributed by atoms with Crippen LogP contribution < -0.4 is 0 Å². The van der Waals surface area contributed by atoms with Gasteiger partial charge in [0, 0.05) is 28.9 Å². The number of carbonyl (C=O) groups is 1. The summed E-state index contributed by atoms with van der Waals surface area (Å²) in [6.07, 6.45) is 3.75. The molecule has 7 heteroatoms. The lowest BCUT2D eigenvalue weighted by Gasteiger charge is -2.05. The number of aryl methyl sites for hydroxylation is 1. The average molecular weight is 462 g/mol. The van der Waals surface area contributed by atoms with Crippen molar-refractivity contribution in [2.45, 2.75) is 24.7 Å². The van der Waals surface area contributed by atoms with Crippen LogP contribution in [0.5, 0.6) is 0 Å². The van der Waals surface area contributed by atoms with E-state index >= 15 is 0 Å². The Morgan fingerprint density at radius 2 is 1.82 bits per heavy atom. The minimum absolute atomic E-state index is 0.185. The van der Waals surface area contributed by atoms with Gasteiger partial charge in [0.2, 0.25) is 0 Å². The molecule has 0 aliphatic heterocycles. The zero-order valence-electron chi connectivity index (χ0n) is 15.3. The van der Waals surface area contributed by atoms with E-state index in [1.807, 2.05) is 24.3 Å². The van der Waals surface area contributed by atoms with Crippen LogP contribution in [0.2, 0.25) is 0 Å². The third-order valence-electron chi connectivity index (χ3n) is 4.24. The number of rotatable bonds is 7. The highest BCUT2D eigenvalue weighted by atomic mass is 79.9. The first-order valence-corrected chi connectivity index (χ1v) is 11.1. The van der Waals surface area contributed by atoms with Crippen LogP contribution in [0.15, 0.2) is 76.4 Å². The second kappa shape index (κ2) is 8.75. The fraction of sp³-hybridized carbons (Fsp3) is 0.190. The molecule has 0 amide bonds. The first-order valence-electron chi connectivity index (χ1n) is 8.85. The molecule has 5 nitrogen and oxygen atoms in total. The molecule has 1 aromatic heterocycles. The highest BCUT2D eigenvalue weighted by Gasteiger charge is 2.20. The molecule has 0 N–H and O–H groups in total. The highest BCUT2D eigenvalue weighted by molar-refractivity contribution is 9.10. The molecule has 0 aliphatic carbocycles. The Bertz CT molecular complexity index is 1070. The molecule has 28 heavy (non-hydrogen) atoms. The third-order valence-corrected chi connectivity index (χ3v) is 6.37. The molecular formula is C21H20BrNO4S. The van der Waals surface area contributed by atoms with Crippen LogP contribution in [0, 0.1) is 0 Å². The average Bonchev–Trinajstić information content (AvgIpc) is 3.12. The summed E-state index contributed by atoms with van der Waals surface area (Å²) in [7, 11) is -3.72. The van der Waals surface area contributed by atoms with Crippen LogP contribution in [0.3, 0.4) is 0 Å². The number of carbonyl (C=O) groups excluding carboxylic acids is 1. The highest BCUT2D eigenvalue weighted by Crippen LogP contribution is 2.30. The van der Waals surface area contributed by atoms with Crippen LogP contribution in [0.1, 0.15) is 18.9 Å². The molecule has 0 bridgehead atoms. The lowest BCUT2D eigenvalue weighted by molar-refractivity contribution is -0.143. The van der Waals surface area contributed by atoms with Gasteiger partial charge in [0.05, 0.1) is 11.5 Å². The maximum atomic E-state index is 13.0. The van der Waals surface area contributed by atoms with Crippen molar-refractivity contribution in [1.82, 2.24) is 3.97 Å². The van der Waals surface area contributed by atoms with Gasteiger partial charge in [-0.1, -0.05) is 46.3 Å². The molecule has 0 saturated carbocycles. The van der Waals surface area contributed by atoms with Gasteiger partial charge in [-0.2, -0.15) is 0 Å². The Kier molecular flexibility index (Phi) is 6.36. The Labute approximate surface area is 173 Å². The molecular weight excluding hydrogens is 442 g/mol. The molecule has 3 rings (SSSR count). The topological polar surface area (TPSA) is 65.4 Å². The third kappa shape index (κ3) is 4.54. The van der Waals surface area contributed by atoms with Crippen molar-refractivity contribution in [2.75, 3.05) is 6.61 Å². The Morgan fingerprint density at radius 1 is 1.07 bits per heavy atom. The number of ether oxygens (including phenoxy) is 1. The van der Waals surface area contributed by atoms with Crippen molar-refractivity contribution in [3.05, 3.63) is 77.0 Å². The summed E-state index contributed by atoms with van der Waals surface area (Å²) in [4.78, 5) is 12.0. The fourth-order valence-corrected chi connectivity index (χ4v) is 4.56. The maximum absolute atomic E-state index is 13.0. The van der Waals surface area contributed by atoms with Crippen molar-refractivity contribution < 1.29 is 17.9 Å². The van der Waals surface area contributed by atoms with Crippen LogP contribution in [0.25, 0.3) is 11.1 Å². The minimum Gasteiger partial charge on any atom is -0.466 e. The minimum atomic E-state index is -3.72. The number of halogens is 1. The lowest BCUT2D eigenvalue weighted by atomic mass is 10.0. The normalized spacial score (nSPS) is 11.4. The molecule has 0 saturated heterocycles. The smallest absolute Gasteiger partial charge is 0.306 e. The Balaban J connectivity index is 2.03. The first-order chi connectivity index (χ1) is 13.4. The molecule has 0 atom stereocenters. The first kappa shape index (κ1) is 20.4. The van der Waals surface area contributed by atoms with Gasteiger partial charge in [0.1, 0.15) is 0 Å². The second-order valence-electron chi connectivity index (χ2n) is 6.16. The summed E-state index contributed by atoms with van der Waals surface area (Å²) in [5.41, 5.74) is 2.41. The van der Waals surface area contributed by atoms with Crippen LogP contribution >= 0.6 is 15.9 Å². The van der Waals surface area contributed by atoms with Gasteiger partial charge in [-0.15, -0.1) is 0 Å². The zero-order chi connectivity index (χ0) is 20.1. The number of esters is 1. The van der Waals surface area contributed by atoms with E-state index in [9.17, 15) is 13.2 Å². The van der Waals surface area contributed by atoms with Crippen molar-refractivity contribution in [2.24, 2.45) is 0 Å². The van der Waals surface area contributed by atoms with Crippen LogP contribution in [0.4, 0.5) is 0 Å². The molecule has 0 unspecified atom stereocenters. The van der Waals surface area contributed by atoms with E-state index in [2.05, 4.69) is 15.9 Å². The Morgan fingerprint density at radius 3 is 2.50 bits per heavy atom. The number of benzene rings is 2. The summed E-state index contributed by atoms with van der Waals surface area (Å²) in [5.74, 6) is -0.304. The monoisotopic (exact) mass is 461 g/mol. The van der Waals surface area contributed by atoms with Gasteiger partial charge in [-0.25, -0.2) is 12.4 Å². The molecule has 3 aromatic rings. The van der Waals surface area contributed by atoms with Gasteiger partial charge in [0.25, 0.3) is 10.0 Å². The summed E-state index contributed by atoms with van der Waals surface area (Å²) < 4.78 is 33.1. The van der Waals surface area contributed by atoms with Crippen LogP contribution in [-0.2, 0) is 26.0 Å². The van der Waals surface area contributed by atoms with Gasteiger partial charge in [-0.05, 0) is 48.7 Å². The number of aromatic nitrogens is 1. The van der Waals surface area contributed by atoms with E-state index in [-0.39, 0.29) is 17.3 Å². The maximum Gasteiger partial charge on any atom is 0.306 e. The number of hydrogen-bond donors (Lipinski definition) is 0. The quantitative estimate of drug-likeness (QED) is 0.480. The van der Waals surface area contributed by atoms with E-state index in [0.717, 1.165) is 21.2 Å². The van der Waals surface area contributed by atoms with Crippen LogP contribution in [-0.4, -0.2) is 25.0 Å². The molecule has 0 spiro atoms. The largest absolute Gasteiger partial charge is 0.466 e. The molecule has 0 aliphatic rings.